The third-order valence-electron chi connectivity index (χ3n) is 4.87. The summed E-state index contributed by atoms with van der Waals surface area (Å²) in [6.07, 6.45) is 0.986. The predicted molar refractivity (Wildman–Crippen MR) is 105 cm³/mol. The van der Waals surface area contributed by atoms with Gasteiger partial charge in [-0.25, -0.2) is 21.2 Å². The number of halogens is 1. The Morgan fingerprint density at radius 1 is 1.21 bits per heavy atom. The van der Waals surface area contributed by atoms with Gasteiger partial charge in [0.15, 0.2) is 0 Å². The summed E-state index contributed by atoms with van der Waals surface area (Å²) in [5.74, 6) is -2.16. The molecule has 164 valence electrons. The van der Waals surface area contributed by atoms with Gasteiger partial charge in [-0.3, -0.25) is 4.79 Å². The summed E-state index contributed by atoms with van der Waals surface area (Å²) in [7, 11) is -8.14. The van der Waals surface area contributed by atoms with Gasteiger partial charge in [0, 0.05) is 26.2 Å². The maximum Gasteiger partial charge on any atom is 0.310 e. The van der Waals surface area contributed by atoms with Gasteiger partial charge < -0.3 is 4.74 Å². The number of ether oxygens (including phenoxy) is 1. The van der Waals surface area contributed by atoms with Crippen molar-refractivity contribution in [1.29, 1.82) is 0 Å². The van der Waals surface area contributed by atoms with E-state index in [0.717, 1.165) is 26.8 Å². The number of carbonyl (C=O) groups excluding carboxylic acids is 1. The zero-order valence-electron chi connectivity index (χ0n) is 16.8. The minimum absolute atomic E-state index is 0.0533. The van der Waals surface area contributed by atoms with Gasteiger partial charge in [0.2, 0.25) is 20.0 Å². The monoisotopic (exact) mass is 450 g/mol. The molecule has 1 aliphatic heterocycles. The Balaban J connectivity index is 2.32. The van der Waals surface area contributed by atoms with Crippen LogP contribution >= 0.6 is 0 Å². The normalized spacial score (nSPS) is 18.7. The van der Waals surface area contributed by atoms with Crippen LogP contribution in [-0.4, -0.2) is 64.2 Å². The molecule has 0 aliphatic carbocycles. The van der Waals surface area contributed by atoms with E-state index in [1.54, 1.807) is 20.8 Å². The number of hydrogen-bond donors (Lipinski definition) is 0. The lowest BCUT2D eigenvalue weighted by atomic mass is 10.0. The van der Waals surface area contributed by atoms with E-state index in [2.05, 4.69) is 0 Å². The molecule has 1 aromatic rings. The van der Waals surface area contributed by atoms with Crippen LogP contribution in [0.4, 0.5) is 4.39 Å². The molecule has 0 aromatic heterocycles. The first-order valence-electron chi connectivity index (χ1n) is 9.56. The van der Waals surface area contributed by atoms with Crippen molar-refractivity contribution in [2.24, 2.45) is 5.92 Å². The van der Waals surface area contributed by atoms with E-state index in [0.29, 0.717) is 12.8 Å². The highest BCUT2D eigenvalue weighted by Crippen LogP contribution is 2.27. The lowest BCUT2D eigenvalue weighted by Gasteiger charge is -2.30. The lowest BCUT2D eigenvalue weighted by molar-refractivity contribution is -0.149. The average Bonchev–Trinajstić information content (AvgIpc) is 2.68. The molecule has 1 saturated heterocycles. The molecule has 0 bridgehead atoms. The molecule has 11 heteroatoms. The molecule has 29 heavy (non-hydrogen) atoms. The summed E-state index contributed by atoms with van der Waals surface area (Å²) >= 11 is 0. The SMILES string of the molecule is CCOC(=O)[C@@H]1CCCN(S(=O)(=O)c2ccc(S(=O)(=O)N(CC)CC)c(F)c2)C1. The molecule has 0 unspecified atom stereocenters. The Hall–Kier alpha value is -1.56. The standard InChI is InChI=1S/C18H27FN2O6S2/c1-4-20(5-2)29(25,26)17-10-9-15(12-16(17)19)28(23,24)21-11-7-8-14(13-21)18(22)27-6-3/h9-10,12,14H,4-8,11,13H2,1-3H3/t14-/m1/s1. The van der Waals surface area contributed by atoms with Crippen LogP contribution in [0.15, 0.2) is 28.0 Å². The van der Waals surface area contributed by atoms with Crippen LogP contribution in [0.2, 0.25) is 0 Å². The van der Waals surface area contributed by atoms with Crippen molar-refractivity contribution in [2.45, 2.75) is 43.4 Å². The van der Waals surface area contributed by atoms with Gasteiger partial charge in [-0.15, -0.1) is 0 Å². The van der Waals surface area contributed by atoms with Gasteiger partial charge in [0.25, 0.3) is 0 Å². The van der Waals surface area contributed by atoms with Gasteiger partial charge in [0.1, 0.15) is 10.7 Å². The Morgan fingerprint density at radius 2 is 1.86 bits per heavy atom. The second-order valence-electron chi connectivity index (χ2n) is 6.64. The Bertz CT molecular complexity index is 945. The molecule has 1 heterocycles. The molecular weight excluding hydrogens is 423 g/mol. The quantitative estimate of drug-likeness (QED) is 0.560. The summed E-state index contributed by atoms with van der Waals surface area (Å²) < 4.78 is 72.7. The minimum atomic E-state index is -4.08. The molecule has 1 aromatic carbocycles. The molecule has 1 fully saturated rings. The van der Waals surface area contributed by atoms with Crippen LogP contribution in [0.1, 0.15) is 33.6 Å². The maximum atomic E-state index is 14.6. The number of esters is 1. The first-order chi connectivity index (χ1) is 13.6. The first kappa shape index (κ1) is 23.7. The number of sulfonamides is 2. The molecule has 1 aliphatic rings. The Labute approximate surface area is 171 Å². The topological polar surface area (TPSA) is 101 Å². The van der Waals surface area contributed by atoms with E-state index in [9.17, 15) is 26.0 Å². The largest absolute Gasteiger partial charge is 0.466 e. The number of rotatable bonds is 8. The number of carbonyl (C=O) groups is 1. The smallest absolute Gasteiger partial charge is 0.310 e. The van der Waals surface area contributed by atoms with E-state index in [1.165, 1.54) is 0 Å². The van der Waals surface area contributed by atoms with Gasteiger partial charge in [-0.2, -0.15) is 8.61 Å². The fraction of sp³-hybridized carbons (Fsp3) is 0.611. The zero-order chi connectivity index (χ0) is 21.8. The van der Waals surface area contributed by atoms with E-state index in [4.69, 9.17) is 4.74 Å². The van der Waals surface area contributed by atoms with E-state index in [1.807, 2.05) is 0 Å². The fourth-order valence-corrected chi connectivity index (χ4v) is 6.36. The molecule has 2 rings (SSSR count). The summed E-state index contributed by atoms with van der Waals surface area (Å²) in [5.41, 5.74) is 0. The number of nitrogens with zero attached hydrogens (tertiary/aromatic N) is 2. The molecule has 0 saturated carbocycles. The van der Waals surface area contributed by atoms with Crippen LogP contribution in [0.25, 0.3) is 0 Å². The van der Waals surface area contributed by atoms with Crippen molar-refractivity contribution in [2.75, 3.05) is 32.8 Å². The van der Waals surface area contributed by atoms with Crippen molar-refractivity contribution in [3.63, 3.8) is 0 Å². The lowest BCUT2D eigenvalue weighted by Crippen LogP contribution is -2.42. The molecule has 0 radical (unpaired) electrons. The number of hydrogen-bond acceptors (Lipinski definition) is 6. The van der Waals surface area contributed by atoms with Crippen LogP contribution < -0.4 is 0 Å². The van der Waals surface area contributed by atoms with Gasteiger partial charge in [0.05, 0.1) is 17.4 Å². The van der Waals surface area contributed by atoms with Crippen LogP contribution in [0.3, 0.4) is 0 Å². The average molecular weight is 451 g/mol. The Morgan fingerprint density at radius 3 is 2.41 bits per heavy atom. The summed E-state index contributed by atoms with van der Waals surface area (Å²) in [6, 6.07) is 2.78. The minimum Gasteiger partial charge on any atom is -0.466 e. The Kier molecular flexibility index (Phi) is 7.77. The highest BCUT2D eigenvalue weighted by atomic mass is 32.2. The van der Waals surface area contributed by atoms with Crippen molar-refractivity contribution in [1.82, 2.24) is 8.61 Å². The second kappa shape index (κ2) is 9.50. The molecule has 1 atom stereocenters. The maximum absolute atomic E-state index is 14.6. The predicted octanol–water partition coefficient (Wildman–Crippen LogP) is 1.82. The van der Waals surface area contributed by atoms with Gasteiger partial charge in [-0.05, 0) is 38.0 Å². The molecule has 8 nitrogen and oxygen atoms in total. The fourth-order valence-electron chi connectivity index (χ4n) is 3.32. The van der Waals surface area contributed by atoms with E-state index in [-0.39, 0.29) is 37.7 Å². The third kappa shape index (κ3) is 4.96. The second-order valence-corrected chi connectivity index (χ2v) is 10.5. The molecular formula is C18H27FN2O6S2. The van der Waals surface area contributed by atoms with E-state index >= 15 is 0 Å². The summed E-state index contributed by atoms with van der Waals surface area (Å²) in [4.78, 5) is 11.0. The van der Waals surface area contributed by atoms with Crippen molar-refractivity contribution in [3.8, 4) is 0 Å². The summed E-state index contributed by atoms with van der Waals surface area (Å²) in [5, 5.41) is 0. The molecule has 0 N–H and O–H groups in total. The summed E-state index contributed by atoms with van der Waals surface area (Å²) in [6.45, 7) is 5.62. The number of benzene rings is 1. The van der Waals surface area contributed by atoms with Crippen LogP contribution in [0, 0.1) is 11.7 Å². The molecule has 0 spiro atoms. The van der Waals surface area contributed by atoms with Crippen LogP contribution in [-0.2, 0) is 29.6 Å². The van der Waals surface area contributed by atoms with Crippen LogP contribution in [0.5, 0.6) is 0 Å². The van der Waals surface area contributed by atoms with Crippen molar-refractivity contribution < 1.29 is 30.8 Å². The molecule has 0 amide bonds. The number of piperidine rings is 1. The third-order valence-corrected chi connectivity index (χ3v) is 8.81. The van der Waals surface area contributed by atoms with Crippen molar-refractivity contribution in [3.05, 3.63) is 24.0 Å². The highest BCUT2D eigenvalue weighted by Gasteiger charge is 2.35. The van der Waals surface area contributed by atoms with E-state index < -0.39 is 42.6 Å². The zero-order valence-corrected chi connectivity index (χ0v) is 18.4. The van der Waals surface area contributed by atoms with Gasteiger partial charge >= 0.3 is 5.97 Å². The van der Waals surface area contributed by atoms with Crippen molar-refractivity contribution >= 4 is 26.0 Å². The first-order valence-corrected chi connectivity index (χ1v) is 12.4. The van der Waals surface area contributed by atoms with Gasteiger partial charge in [-0.1, -0.05) is 13.8 Å². The highest BCUT2D eigenvalue weighted by molar-refractivity contribution is 7.89.